The number of aliphatic hydroxyl groups excluding tert-OH is 1. The number of carboxylic acids is 1. The van der Waals surface area contributed by atoms with Crippen molar-refractivity contribution in [3.8, 4) is 0 Å². The molecule has 5 aliphatic rings. The van der Waals surface area contributed by atoms with Gasteiger partial charge < -0.3 is 19.8 Å². The maximum Gasteiger partial charge on any atom is 0.335 e. The highest BCUT2D eigenvalue weighted by Crippen LogP contribution is 2.77. The third-order valence-corrected chi connectivity index (χ3v) is 16.7. The van der Waals surface area contributed by atoms with Crippen LogP contribution in [0, 0.1) is 50.7 Å². The van der Waals surface area contributed by atoms with Gasteiger partial charge in [0.15, 0.2) is 5.78 Å². The van der Waals surface area contributed by atoms with Gasteiger partial charge in [-0.3, -0.25) is 9.59 Å². The van der Waals surface area contributed by atoms with Crippen LogP contribution >= 0.6 is 11.6 Å². The SMILES string of the molecule is COCC(=O)N(Cc1ccc(Cl)cc1)C[C@H](O)[C@@]12CC[C@]3(C)C(CC[C@@H]4[C@@]5(C)CC=C(c6ccc(C(=O)O)cc6)C(C)(C)[C@@H]5CC[C@]43C)C1=C(C(C)C)C(=O)C2. The van der Waals surface area contributed by atoms with Crippen molar-refractivity contribution < 1.29 is 29.3 Å². The number of hydrogen-bond acceptors (Lipinski definition) is 5. The van der Waals surface area contributed by atoms with Gasteiger partial charge in [0, 0.05) is 37.1 Å². The Hall–Kier alpha value is -3.26. The van der Waals surface area contributed by atoms with E-state index in [0.717, 1.165) is 61.6 Å². The van der Waals surface area contributed by atoms with Gasteiger partial charge >= 0.3 is 5.97 Å². The zero-order valence-corrected chi connectivity index (χ0v) is 35.5. The standard InChI is InChI=1S/C48H62ClNO6/c1-29(2)41-36(51)25-48(39(52)27-50(40(53)28-56-8)26-30-9-15-33(49)16-10-30)24-23-46(6)35(42(41)48)17-18-38-45(5)21-19-34(31-11-13-32(14-12-31)43(54)55)44(3,4)37(45)20-22-47(38,46)7/h9-16,19,29,35,37-39,52H,17-18,20-28H2,1-8H3,(H,54,55)/t35?,37-,38+,39-,45-,46+,47+,48-/m0/s1. The van der Waals surface area contributed by atoms with Crippen LogP contribution in [0.1, 0.15) is 121 Å². The molecule has 5 aliphatic carbocycles. The van der Waals surface area contributed by atoms with Gasteiger partial charge in [-0.1, -0.05) is 96.0 Å². The summed E-state index contributed by atoms with van der Waals surface area (Å²) in [6.07, 6.45) is 8.75. The summed E-state index contributed by atoms with van der Waals surface area (Å²) in [6.45, 7) is 17.0. The molecular formula is C48H62ClNO6. The van der Waals surface area contributed by atoms with Crippen molar-refractivity contribution in [2.45, 2.75) is 112 Å². The molecule has 0 aliphatic heterocycles. The van der Waals surface area contributed by atoms with Crippen molar-refractivity contribution in [2.24, 2.45) is 50.7 Å². The Labute approximate surface area is 338 Å². The Bertz CT molecular complexity index is 1950. The maximum atomic E-state index is 14.3. The van der Waals surface area contributed by atoms with E-state index in [-0.39, 0.29) is 58.3 Å². The van der Waals surface area contributed by atoms with Crippen LogP contribution < -0.4 is 0 Å². The summed E-state index contributed by atoms with van der Waals surface area (Å²) >= 11 is 6.18. The zero-order chi connectivity index (χ0) is 40.6. The zero-order valence-electron chi connectivity index (χ0n) is 34.7. The van der Waals surface area contributed by atoms with E-state index < -0.39 is 17.5 Å². The van der Waals surface area contributed by atoms with Gasteiger partial charge in [0.2, 0.25) is 5.91 Å². The Morgan fingerprint density at radius 2 is 1.59 bits per heavy atom. The van der Waals surface area contributed by atoms with Crippen LogP contribution in [-0.4, -0.2) is 59.1 Å². The Kier molecular flexibility index (Phi) is 10.6. The smallest absolute Gasteiger partial charge is 0.335 e. The van der Waals surface area contributed by atoms with E-state index in [1.165, 1.54) is 18.3 Å². The molecule has 3 fully saturated rings. The van der Waals surface area contributed by atoms with Crippen molar-refractivity contribution in [2.75, 3.05) is 20.3 Å². The van der Waals surface area contributed by atoms with Crippen LogP contribution in [0.25, 0.3) is 5.57 Å². The van der Waals surface area contributed by atoms with Crippen LogP contribution in [0.15, 0.2) is 65.8 Å². The summed E-state index contributed by atoms with van der Waals surface area (Å²) in [5.74, 6) is 0.230. The number of benzene rings is 2. The van der Waals surface area contributed by atoms with E-state index >= 15 is 0 Å². The van der Waals surface area contributed by atoms with E-state index in [4.69, 9.17) is 16.3 Å². The number of halogens is 1. The second-order valence-electron chi connectivity index (χ2n) is 19.6. The number of ketones is 1. The van der Waals surface area contributed by atoms with Crippen molar-refractivity contribution in [1.82, 2.24) is 4.90 Å². The number of allylic oxidation sites excluding steroid dienone is 3. The first-order chi connectivity index (χ1) is 26.3. The molecule has 2 N–H and O–H groups in total. The number of carboxylic acid groups (broad SMARTS) is 1. The molecule has 0 heterocycles. The minimum atomic E-state index is -0.905. The Balaban J connectivity index is 1.22. The first-order valence-corrected chi connectivity index (χ1v) is 21.2. The van der Waals surface area contributed by atoms with Gasteiger partial charge in [0.1, 0.15) is 6.61 Å². The van der Waals surface area contributed by atoms with Gasteiger partial charge in [-0.15, -0.1) is 0 Å². The van der Waals surface area contributed by atoms with E-state index in [0.29, 0.717) is 35.4 Å². The van der Waals surface area contributed by atoms with Gasteiger partial charge in [0.25, 0.3) is 0 Å². The van der Waals surface area contributed by atoms with Crippen molar-refractivity contribution in [3.05, 3.63) is 87.5 Å². The minimum absolute atomic E-state index is 0.0264. The second-order valence-corrected chi connectivity index (χ2v) is 20.1. The highest BCUT2D eigenvalue weighted by Gasteiger charge is 2.70. The molecule has 0 aromatic heterocycles. The molecule has 0 radical (unpaired) electrons. The van der Waals surface area contributed by atoms with Crippen LogP contribution in [0.2, 0.25) is 5.02 Å². The molecule has 7 rings (SSSR count). The molecule has 0 saturated heterocycles. The molecule has 1 unspecified atom stereocenters. The van der Waals surface area contributed by atoms with Crippen molar-refractivity contribution in [3.63, 3.8) is 0 Å². The molecule has 56 heavy (non-hydrogen) atoms. The highest BCUT2D eigenvalue weighted by molar-refractivity contribution is 6.30. The molecule has 0 spiro atoms. The normalized spacial score (nSPS) is 33.9. The quantitative estimate of drug-likeness (QED) is 0.249. The summed E-state index contributed by atoms with van der Waals surface area (Å²) in [7, 11) is 1.51. The van der Waals surface area contributed by atoms with Crippen LogP contribution in [0.3, 0.4) is 0 Å². The predicted molar refractivity (Wildman–Crippen MR) is 221 cm³/mol. The van der Waals surface area contributed by atoms with E-state index in [1.807, 2.05) is 36.4 Å². The summed E-state index contributed by atoms with van der Waals surface area (Å²) in [6, 6.07) is 14.9. The molecule has 8 heteroatoms. The second kappa shape index (κ2) is 14.5. The lowest BCUT2D eigenvalue weighted by atomic mass is 9.33. The number of ether oxygens (including phenoxy) is 1. The number of nitrogens with zero attached hydrogens (tertiary/aromatic N) is 1. The molecular weight excluding hydrogens is 722 g/mol. The maximum absolute atomic E-state index is 14.3. The van der Waals surface area contributed by atoms with Gasteiger partial charge in [0.05, 0.1) is 11.7 Å². The fourth-order valence-corrected chi connectivity index (χ4v) is 13.8. The lowest BCUT2D eigenvalue weighted by molar-refractivity contribution is -0.200. The minimum Gasteiger partial charge on any atom is -0.478 e. The Morgan fingerprint density at radius 1 is 0.911 bits per heavy atom. The average Bonchev–Trinajstić information content (AvgIpc) is 3.45. The van der Waals surface area contributed by atoms with Gasteiger partial charge in [-0.05, 0) is 137 Å². The highest BCUT2D eigenvalue weighted by atomic mass is 35.5. The summed E-state index contributed by atoms with van der Waals surface area (Å²) in [4.78, 5) is 41.1. The van der Waals surface area contributed by atoms with E-state index in [2.05, 4.69) is 54.5 Å². The first kappa shape index (κ1) is 40.9. The van der Waals surface area contributed by atoms with E-state index in [1.54, 1.807) is 17.0 Å². The first-order valence-electron chi connectivity index (χ1n) is 20.9. The fraction of sp³-hybridized carbons (Fsp3) is 0.604. The number of rotatable bonds is 10. The third kappa shape index (κ3) is 6.25. The largest absolute Gasteiger partial charge is 0.478 e. The number of carbonyl (C=O) groups excluding carboxylic acids is 2. The van der Waals surface area contributed by atoms with Gasteiger partial charge in [-0.25, -0.2) is 4.79 Å². The number of aromatic carboxylic acids is 1. The molecule has 3 saturated carbocycles. The topological polar surface area (TPSA) is 104 Å². The Morgan fingerprint density at radius 3 is 2.21 bits per heavy atom. The summed E-state index contributed by atoms with van der Waals surface area (Å²) < 4.78 is 5.28. The molecule has 302 valence electrons. The lowest BCUT2D eigenvalue weighted by Gasteiger charge is -2.71. The number of amides is 1. The summed E-state index contributed by atoms with van der Waals surface area (Å²) in [5, 5.41) is 22.7. The number of hydrogen-bond donors (Lipinski definition) is 2. The third-order valence-electron chi connectivity index (χ3n) is 16.4. The molecule has 2 aromatic rings. The fourth-order valence-electron chi connectivity index (χ4n) is 13.6. The van der Waals surface area contributed by atoms with Crippen molar-refractivity contribution >= 4 is 34.8 Å². The average molecular weight is 784 g/mol. The van der Waals surface area contributed by atoms with Crippen molar-refractivity contribution in [1.29, 1.82) is 0 Å². The monoisotopic (exact) mass is 783 g/mol. The molecule has 2 aromatic carbocycles. The van der Waals surface area contributed by atoms with Crippen LogP contribution in [0.4, 0.5) is 0 Å². The van der Waals surface area contributed by atoms with E-state index in [9.17, 15) is 24.6 Å². The van der Waals surface area contributed by atoms with Crippen LogP contribution in [0.5, 0.6) is 0 Å². The number of Topliss-reactive ketones (excluding diaryl/α,β-unsaturated/α-hetero) is 1. The molecule has 8 atom stereocenters. The lowest BCUT2D eigenvalue weighted by Crippen LogP contribution is -2.64. The number of carbonyl (C=O) groups is 3. The predicted octanol–water partition coefficient (Wildman–Crippen LogP) is 10.0. The molecule has 7 nitrogen and oxygen atoms in total. The van der Waals surface area contributed by atoms with Crippen LogP contribution in [-0.2, 0) is 20.9 Å². The number of fused-ring (bicyclic) bond motifs is 7. The number of methoxy groups -OCH3 is 1. The molecule has 0 bridgehead atoms. The van der Waals surface area contributed by atoms with Gasteiger partial charge in [-0.2, -0.15) is 0 Å². The molecule has 1 amide bonds. The number of aliphatic hydroxyl groups is 1. The summed E-state index contributed by atoms with van der Waals surface area (Å²) in [5.41, 5.74) is 5.02.